The van der Waals surface area contributed by atoms with E-state index in [4.69, 9.17) is 0 Å². The topological polar surface area (TPSA) is 77.8 Å². The molecule has 1 amide bonds. The minimum absolute atomic E-state index is 0.192. The molecule has 2 aromatic carbocycles. The third kappa shape index (κ3) is 2.75. The summed E-state index contributed by atoms with van der Waals surface area (Å²) in [5, 5.41) is 2.82. The van der Waals surface area contributed by atoms with Crippen LogP contribution in [0.4, 0.5) is 5.69 Å². The smallest absolute Gasteiger partial charge is 0.322 e. The standard InChI is InChI=1S/C15H12BrN3O2/c1-8-6-9(2-4-11(8)16)14(20)17-10-3-5-12-13(7-10)19-15(21)18-12/h2-7H,1H3,(H,17,20)(H2,18,19,21). The molecule has 3 N–H and O–H groups in total. The number of carbonyl (C=O) groups is 1. The van der Waals surface area contributed by atoms with Gasteiger partial charge in [-0.2, -0.15) is 0 Å². The Bertz CT molecular complexity index is 895. The van der Waals surface area contributed by atoms with Crippen LogP contribution in [0.15, 0.2) is 45.7 Å². The summed E-state index contributed by atoms with van der Waals surface area (Å²) in [6.07, 6.45) is 0. The highest BCUT2D eigenvalue weighted by molar-refractivity contribution is 9.10. The monoisotopic (exact) mass is 345 g/mol. The number of fused-ring (bicyclic) bond motifs is 1. The Morgan fingerprint density at radius 2 is 1.86 bits per heavy atom. The van der Waals surface area contributed by atoms with Crippen LogP contribution in [0, 0.1) is 6.92 Å². The number of aryl methyl sites for hydroxylation is 1. The molecule has 0 atom stereocenters. The van der Waals surface area contributed by atoms with E-state index in [1.54, 1.807) is 24.3 Å². The summed E-state index contributed by atoms with van der Waals surface area (Å²) in [7, 11) is 0. The van der Waals surface area contributed by atoms with Gasteiger partial charge < -0.3 is 15.3 Å². The molecule has 0 aliphatic heterocycles. The quantitative estimate of drug-likeness (QED) is 0.666. The Morgan fingerprint density at radius 3 is 2.62 bits per heavy atom. The molecule has 0 unspecified atom stereocenters. The fraction of sp³-hybridized carbons (Fsp3) is 0.0667. The van der Waals surface area contributed by atoms with Crippen molar-refractivity contribution < 1.29 is 4.79 Å². The average molecular weight is 346 g/mol. The molecular formula is C15H12BrN3O2. The molecule has 0 radical (unpaired) electrons. The molecule has 0 aliphatic rings. The summed E-state index contributed by atoms with van der Waals surface area (Å²) in [6.45, 7) is 1.93. The van der Waals surface area contributed by atoms with Gasteiger partial charge in [-0.15, -0.1) is 0 Å². The summed E-state index contributed by atoms with van der Waals surface area (Å²) in [6, 6.07) is 10.6. The number of hydrogen-bond donors (Lipinski definition) is 3. The number of aromatic nitrogens is 2. The molecule has 1 heterocycles. The van der Waals surface area contributed by atoms with Crippen molar-refractivity contribution >= 4 is 38.6 Å². The van der Waals surface area contributed by atoms with Crippen LogP contribution in [-0.4, -0.2) is 15.9 Å². The Kier molecular flexibility index (Phi) is 3.39. The van der Waals surface area contributed by atoms with Crippen LogP contribution in [0.5, 0.6) is 0 Å². The SMILES string of the molecule is Cc1cc(C(=O)Nc2ccc3[nH]c(=O)[nH]c3c2)ccc1Br. The zero-order valence-corrected chi connectivity index (χ0v) is 12.7. The fourth-order valence-corrected chi connectivity index (χ4v) is 2.35. The Hall–Kier alpha value is -2.34. The van der Waals surface area contributed by atoms with E-state index in [1.165, 1.54) is 0 Å². The van der Waals surface area contributed by atoms with E-state index < -0.39 is 0 Å². The van der Waals surface area contributed by atoms with Crippen LogP contribution in [0.1, 0.15) is 15.9 Å². The highest BCUT2D eigenvalue weighted by atomic mass is 79.9. The van der Waals surface area contributed by atoms with Crippen LogP contribution in [0.2, 0.25) is 0 Å². The first-order valence-corrected chi connectivity index (χ1v) is 7.12. The summed E-state index contributed by atoms with van der Waals surface area (Å²) in [5.74, 6) is -0.192. The molecule has 0 spiro atoms. The van der Waals surface area contributed by atoms with Gasteiger partial charge in [0.05, 0.1) is 11.0 Å². The van der Waals surface area contributed by atoms with E-state index in [2.05, 4.69) is 31.2 Å². The van der Waals surface area contributed by atoms with Crippen molar-refractivity contribution in [3.8, 4) is 0 Å². The molecule has 0 fully saturated rings. The summed E-state index contributed by atoms with van der Waals surface area (Å²) < 4.78 is 0.963. The number of H-pyrrole nitrogens is 2. The van der Waals surface area contributed by atoms with Crippen molar-refractivity contribution in [2.45, 2.75) is 6.92 Å². The van der Waals surface area contributed by atoms with Crippen molar-refractivity contribution in [3.05, 3.63) is 62.5 Å². The molecule has 3 rings (SSSR count). The minimum Gasteiger partial charge on any atom is -0.322 e. The third-order valence-electron chi connectivity index (χ3n) is 3.19. The van der Waals surface area contributed by atoms with E-state index >= 15 is 0 Å². The number of rotatable bonds is 2. The number of benzene rings is 2. The largest absolute Gasteiger partial charge is 0.323 e. The van der Waals surface area contributed by atoms with Crippen molar-refractivity contribution in [2.24, 2.45) is 0 Å². The van der Waals surface area contributed by atoms with Gasteiger partial charge in [-0.3, -0.25) is 4.79 Å². The zero-order valence-electron chi connectivity index (χ0n) is 11.2. The van der Waals surface area contributed by atoms with Crippen molar-refractivity contribution in [1.29, 1.82) is 0 Å². The highest BCUT2D eigenvalue weighted by Gasteiger charge is 2.08. The number of aromatic amines is 2. The molecule has 21 heavy (non-hydrogen) atoms. The molecule has 1 aromatic heterocycles. The first-order chi connectivity index (χ1) is 10.0. The van der Waals surface area contributed by atoms with Crippen molar-refractivity contribution in [2.75, 3.05) is 5.32 Å². The number of amides is 1. The number of imidazole rings is 1. The van der Waals surface area contributed by atoms with Crippen LogP contribution in [-0.2, 0) is 0 Å². The molecule has 106 valence electrons. The van der Waals surface area contributed by atoms with Gasteiger partial charge in [-0.05, 0) is 48.9 Å². The second-order valence-corrected chi connectivity index (χ2v) is 5.61. The van der Waals surface area contributed by atoms with Gasteiger partial charge in [0.25, 0.3) is 5.91 Å². The molecule has 0 saturated carbocycles. The second-order valence-electron chi connectivity index (χ2n) is 4.76. The lowest BCUT2D eigenvalue weighted by atomic mass is 10.1. The Labute approximate surface area is 128 Å². The van der Waals surface area contributed by atoms with Gasteiger partial charge in [0.2, 0.25) is 0 Å². The van der Waals surface area contributed by atoms with E-state index in [-0.39, 0.29) is 11.6 Å². The number of carbonyl (C=O) groups excluding carboxylic acids is 1. The van der Waals surface area contributed by atoms with Crippen LogP contribution in [0.25, 0.3) is 11.0 Å². The van der Waals surface area contributed by atoms with Gasteiger partial charge in [0.15, 0.2) is 0 Å². The Balaban J connectivity index is 1.88. The van der Waals surface area contributed by atoms with Gasteiger partial charge >= 0.3 is 5.69 Å². The summed E-state index contributed by atoms with van der Waals surface area (Å²) in [4.78, 5) is 28.7. The third-order valence-corrected chi connectivity index (χ3v) is 4.08. The molecule has 0 bridgehead atoms. The maximum absolute atomic E-state index is 12.2. The number of halogens is 1. The van der Waals surface area contributed by atoms with Crippen LogP contribution < -0.4 is 11.0 Å². The number of anilines is 1. The Morgan fingerprint density at radius 1 is 1.10 bits per heavy atom. The second kappa shape index (κ2) is 5.21. The lowest BCUT2D eigenvalue weighted by Crippen LogP contribution is -2.12. The zero-order chi connectivity index (χ0) is 15.0. The van der Waals surface area contributed by atoms with E-state index in [0.717, 1.165) is 10.0 Å². The molecular weight excluding hydrogens is 334 g/mol. The molecule has 3 aromatic rings. The predicted molar refractivity (Wildman–Crippen MR) is 85.8 cm³/mol. The van der Waals surface area contributed by atoms with Gasteiger partial charge in [-0.1, -0.05) is 15.9 Å². The van der Waals surface area contributed by atoms with E-state index in [0.29, 0.717) is 22.3 Å². The van der Waals surface area contributed by atoms with Gasteiger partial charge in [0.1, 0.15) is 0 Å². The van der Waals surface area contributed by atoms with Gasteiger partial charge in [0, 0.05) is 15.7 Å². The number of nitrogens with one attached hydrogen (secondary N) is 3. The van der Waals surface area contributed by atoms with Crippen LogP contribution in [0.3, 0.4) is 0 Å². The summed E-state index contributed by atoms with van der Waals surface area (Å²) >= 11 is 3.41. The number of hydrogen-bond acceptors (Lipinski definition) is 2. The lowest BCUT2D eigenvalue weighted by molar-refractivity contribution is 0.102. The average Bonchev–Trinajstić information content (AvgIpc) is 2.81. The molecule has 6 heteroatoms. The summed E-state index contributed by atoms with van der Waals surface area (Å²) in [5.41, 5.74) is 3.30. The van der Waals surface area contributed by atoms with Gasteiger partial charge in [-0.25, -0.2) is 4.79 Å². The predicted octanol–water partition coefficient (Wildman–Crippen LogP) is 3.18. The molecule has 0 aliphatic carbocycles. The maximum atomic E-state index is 12.2. The lowest BCUT2D eigenvalue weighted by Gasteiger charge is -2.07. The minimum atomic E-state index is -0.267. The van der Waals surface area contributed by atoms with Crippen molar-refractivity contribution in [3.63, 3.8) is 0 Å². The normalized spacial score (nSPS) is 10.8. The highest BCUT2D eigenvalue weighted by Crippen LogP contribution is 2.19. The first-order valence-electron chi connectivity index (χ1n) is 6.32. The molecule has 0 saturated heterocycles. The van der Waals surface area contributed by atoms with E-state index in [9.17, 15) is 9.59 Å². The van der Waals surface area contributed by atoms with Crippen LogP contribution >= 0.6 is 15.9 Å². The first kappa shape index (κ1) is 13.6. The van der Waals surface area contributed by atoms with E-state index in [1.807, 2.05) is 19.1 Å². The fourth-order valence-electron chi connectivity index (χ4n) is 2.10. The van der Waals surface area contributed by atoms with Crippen molar-refractivity contribution in [1.82, 2.24) is 9.97 Å². The molecule has 5 nitrogen and oxygen atoms in total. The maximum Gasteiger partial charge on any atom is 0.323 e.